The first kappa shape index (κ1) is 30.7. The van der Waals surface area contributed by atoms with Crippen molar-refractivity contribution < 1.29 is 0 Å². The van der Waals surface area contributed by atoms with Crippen LogP contribution < -0.4 is 0 Å². The Morgan fingerprint density at radius 3 is 1.65 bits per heavy atom. The third kappa shape index (κ3) is 4.45. The van der Waals surface area contributed by atoms with Gasteiger partial charge in [-0.3, -0.25) is 0 Å². The average molecular weight is 700 g/mol. The van der Waals surface area contributed by atoms with Crippen molar-refractivity contribution in [2.75, 3.05) is 0 Å². The van der Waals surface area contributed by atoms with Crippen LogP contribution in [0.3, 0.4) is 0 Å². The Morgan fingerprint density at radius 2 is 0.982 bits per heavy atom. The van der Waals surface area contributed by atoms with Gasteiger partial charge >= 0.3 is 0 Å². The number of hydrogen-bond donors (Lipinski definition) is 0. The maximum absolute atomic E-state index is 10.2. The van der Waals surface area contributed by atoms with E-state index in [1.165, 1.54) is 10.8 Å². The SMILES string of the molecule is [C-]#[N+]c1cccc2c1c1ccccc1n2-c1cccc(-c2ccc(C#N)cc2-n2c3ccccc3c3ccc(-n4c5ccccc5c5ccccc54)cc32)c1. The van der Waals surface area contributed by atoms with Crippen LogP contribution in [0.25, 0.3) is 98.5 Å². The minimum absolute atomic E-state index is 0.591. The number of nitriles is 1. The number of fused-ring (bicyclic) bond motifs is 9. The van der Waals surface area contributed by atoms with Crippen molar-refractivity contribution in [1.29, 1.82) is 5.26 Å². The Morgan fingerprint density at radius 1 is 0.436 bits per heavy atom. The fourth-order valence-corrected chi connectivity index (χ4v) is 8.77. The molecule has 0 aliphatic carbocycles. The van der Waals surface area contributed by atoms with Crippen LogP contribution >= 0.6 is 0 Å². The minimum atomic E-state index is 0.591. The highest BCUT2D eigenvalue weighted by Crippen LogP contribution is 2.41. The lowest BCUT2D eigenvalue weighted by atomic mass is 10.0. The fraction of sp³-hybridized carbons (Fsp3) is 0. The zero-order valence-electron chi connectivity index (χ0n) is 29.5. The summed E-state index contributed by atoms with van der Waals surface area (Å²) in [6, 6.07) is 63.7. The molecule has 3 heterocycles. The van der Waals surface area contributed by atoms with Crippen molar-refractivity contribution in [2.24, 2.45) is 0 Å². The summed E-state index contributed by atoms with van der Waals surface area (Å²) < 4.78 is 6.94. The smallest absolute Gasteiger partial charge is 0.197 e. The highest BCUT2D eigenvalue weighted by atomic mass is 15.0. The van der Waals surface area contributed by atoms with Crippen LogP contribution in [-0.2, 0) is 0 Å². The predicted octanol–water partition coefficient (Wildman–Crippen LogP) is 13.1. The van der Waals surface area contributed by atoms with Crippen LogP contribution in [0.2, 0.25) is 0 Å². The second-order valence-electron chi connectivity index (χ2n) is 14.0. The lowest BCUT2D eigenvalue weighted by molar-refractivity contribution is 1.15. The average Bonchev–Trinajstić information content (AvgIpc) is 3.89. The van der Waals surface area contributed by atoms with Crippen LogP contribution in [0.15, 0.2) is 176 Å². The summed E-state index contributed by atoms with van der Waals surface area (Å²) in [7, 11) is 0. The number of para-hydroxylation sites is 4. The Kier molecular flexibility index (Phi) is 6.61. The summed E-state index contributed by atoms with van der Waals surface area (Å²) in [6.45, 7) is 7.92. The molecule has 5 heteroatoms. The van der Waals surface area contributed by atoms with E-state index in [4.69, 9.17) is 6.57 Å². The molecule has 0 saturated carbocycles. The van der Waals surface area contributed by atoms with Gasteiger partial charge in [-0.25, -0.2) is 4.85 Å². The van der Waals surface area contributed by atoms with Crippen LogP contribution in [0.5, 0.6) is 0 Å². The zero-order valence-corrected chi connectivity index (χ0v) is 29.5. The van der Waals surface area contributed by atoms with Gasteiger partial charge < -0.3 is 13.7 Å². The Balaban J connectivity index is 1.18. The van der Waals surface area contributed by atoms with Crippen molar-refractivity contribution in [3.63, 3.8) is 0 Å². The molecule has 5 nitrogen and oxygen atoms in total. The van der Waals surface area contributed by atoms with Gasteiger partial charge in [-0.15, -0.1) is 0 Å². The Labute approximate surface area is 316 Å². The largest absolute Gasteiger partial charge is 0.311 e. The van der Waals surface area contributed by atoms with Crippen LogP contribution in [-0.4, -0.2) is 13.7 Å². The van der Waals surface area contributed by atoms with E-state index in [0.29, 0.717) is 11.3 Å². The maximum Gasteiger partial charge on any atom is 0.197 e. The van der Waals surface area contributed by atoms with Gasteiger partial charge in [-0.2, -0.15) is 5.26 Å². The molecule has 0 radical (unpaired) electrons. The molecule has 0 aliphatic rings. The number of benzene rings is 8. The summed E-state index contributed by atoms with van der Waals surface area (Å²) in [5, 5.41) is 17.0. The molecule has 3 aromatic heterocycles. The molecule has 0 N–H and O–H groups in total. The van der Waals surface area contributed by atoms with Gasteiger partial charge in [0.25, 0.3) is 0 Å². The van der Waals surface area contributed by atoms with E-state index < -0.39 is 0 Å². The molecule has 0 fully saturated rings. The molecule has 0 atom stereocenters. The lowest BCUT2D eigenvalue weighted by Gasteiger charge is -2.17. The molecule has 8 aromatic carbocycles. The first-order valence-electron chi connectivity index (χ1n) is 18.3. The molecule has 55 heavy (non-hydrogen) atoms. The molecule has 0 saturated heterocycles. The topological polar surface area (TPSA) is 42.9 Å². The maximum atomic E-state index is 10.2. The number of aromatic nitrogens is 3. The van der Waals surface area contributed by atoms with Gasteiger partial charge in [0.2, 0.25) is 0 Å². The summed E-state index contributed by atoms with van der Waals surface area (Å²) >= 11 is 0. The summed E-state index contributed by atoms with van der Waals surface area (Å²) in [5.74, 6) is 0. The predicted molar refractivity (Wildman–Crippen MR) is 226 cm³/mol. The fourth-order valence-electron chi connectivity index (χ4n) is 8.77. The highest BCUT2D eigenvalue weighted by Gasteiger charge is 2.20. The number of rotatable bonds is 4. The standard InChI is InChI=1S/C50H29N5/c1-52-42-18-11-23-47-50(42)41-17-5-9-22-46(41)54(47)34-13-10-12-33(29-34)36-26-24-32(31-51)28-48(36)55-45-21-8-4-16-39(45)40-27-25-35(30-49(40)55)53-43-19-6-2-14-37(43)38-15-3-7-20-44(38)53/h2-30H. The molecule has 11 rings (SSSR count). The summed E-state index contributed by atoms with van der Waals surface area (Å²) in [6.07, 6.45) is 0. The van der Waals surface area contributed by atoms with E-state index in [0.717, 1.165) is 82.8 Å². The Hall–Kier alpha value is -7.86. The quantitative estimate of drug-likeness (QED) is 0.169. The zero-order chi connectivity index (χ0) is 36.6. The van der Waals surface area contributed by atoms with Crippen molar-refractivity contribution in [3.05, 3.63) is 193 Å². The van der Waals surface area contributed by atoms with E-state index in [-0.39, 0.29) is 0 Å². The van der Waals surface area contributed by atoms with Gasteiger partial charge in [0.15, 0.2) is 5.69 Å². The molecule has 0 spiro atoms. The summed E-state index contributed by atoms with van der Waals surface area (Å²) in [5.41, 5.74) is 12.7. The van der Waals surface area contributed by atoms with Gasteiger partial charge in [0.1, 0.15) is 0 Å². The Bertz CT molecular complexity index is 3420. The molecule has 0 unspecified atom stereocenters. The first-order valence-corrected chi connectivity index (χ1v) is 18.3. The van der Waals surface area contributed by atoms with Gasteiger partial charge in [-0.1, -0.05) is 109 Å². The highest BCUT2D eigenvalue weighted by molar-refractivity contribution is 6.15. The monoisotopic (exact) mass is 699 g/mol. The number of hydrogen-bond acceptors (Lipinski definition) is 1. The van der Waals surface area contributed by atoms with E-state index in [2.05, 4.69) is 164 Å². The molecule has 0 aliphatic heterocycles. The number of nitrogens with zero attached hydrogens (tertiary/aromatic N) is 5. The molecule has 11 aromatic rings. The van der Waals surface area contributed by atoms with Gasteiger partial charge in [0.05, 0.1) is 51.5 Å². The summed E-state index contributed by atoms with van der Waals surface area (Å²) in [4.78, 5) is 3.89. The second kappa shape index (κ2) is 11.8. The third-order valence-electron chi connectivity index (χ3n) is 11.1. The second-order valence-corrected chi connectivity index (χ2v) is 14.0. The van der Waals surface area contributed by atoms with E-state index in [1.807, 2.05) is 36.4 Å². The van der Waals surface area contributed by atoms with Crippen LogP contribution in [0.4, 0.5) is 5.69 Å². The van der Waals surface area contributed by atoms with Crippen molar-refractivity contribution >= 4 is 71.1 Å². The lowest BCUT2D eigenvalue weighted by Crippen LogP contribution is -2.00. The molecule has 0 amide bonds. The normalized spacial score (nSPS) is 11.6. The van der Waals surface area contributed by atoms with E-state index in [1.54, 1.807) is 0 Å². The van der Waals surface area contributed by atoms with Gasteiger partial charge in [-0.05, 0) is 77.7 Å². The molecule has 0 bridgehead atoms. The molecular formula is C50H29N5. The first-order chi connectivity index (χ1) is 27.2. The van der Waals surface area contributed by atoms with E-state index in [9.17, 15) is 5.26 Å². The van der Waals surface area contributed by atoms with Crippen molar-refractivity contribution in [2.45, 2.75) is 0 Å². The van der Waals surface area contributed by atoms with Crippen molar-refractivity contribution in [1.82, 2.24) is 13.7 Å². The van der Waals surface area contributed by atoms with Crippen molar-refractivity contribution in [3.8, 4) is 34.3 Å². The van der Waals surface area contributed by atoms with Crippen LogP contribution in [0, 0.1) is 17.9 Å². The minimum Gasteiger partial charge on any atom is -0.311 e. The van der Waals surface area contributed by atoms with E-state index >= 15 is 0 Å². The van der Waals surface area contributed by atoms with Gasteiger partial charge in [0, 0.05) is 49.4 Å². The third-order valence-corrected chi connectivity index (χ3v) is 11.1. The van der Waals surface area contributed by atoms with Crippen LogP contribution in [0.1, 0.15) is 5.56 Å². The molecular weight excluding hydrogens is 671 g/mol. The molecule has 254 valence electrons.